The molecule has 0 aliphatic rings. The topological polar surface area (TPSA) is 41.1 Å². The van der Waals surface area contributed by atoms with Gasteiger partial charge in [0.1, 0.15) is 5.78 Å². The molecular weight excluding hydrogens is 387 g/mol. The Kier molecular flexibility index (Phi) is 8.37. The largest absolute Gasteiger partial charge is 0.347 e. The Hall–Kier alpha value is -0.940. The maximum Gasteiger partial charge on any atom is 0.216 e. The van der Waals surface area contributed by atoms with Gasteiger partial charge in [0, 0.05) is 5.69 Å². The molecule has 0 amide bonds. The third-order valence-corrected chi connectivity index (χ3v) is 12.7. The van der Waals surface area contributed by atoms with E-state index in [1.54, 1.807) is 0 Å². The van der Waals surface area contributed by atoms with Crippen LogP contribution in [0.3, 0.4) is 0 Å². The van der Waals surface area contributed by atoms with E-state index < -0.39 is 5.55 Å². The number of benzene rings is 2. The van der Waals surface area contributed by atoms with Crippen molar-refractivity contribution in [2.45, 2.75) is 19.6 Å². The molecule has 7 heteroatoms. The number of rotatable bonds is 8. The molecule has 0 radical (unpaired) electrons. The molecule has 2 aromatic rings. The minimum atomic E-state index is -2.62. The average Bonchev–Trinajstić information content (AvgIpc) is 2.61. The van der Waals surface area contributed by atoms with Crippen molar-refractivity contribution in [1.82, 2.24) is 5.32 Å². The third kappa shape index (κ3) is 6.07. The summed E-state index contributed by atoms with van der Waals surface area (Å²) in [5.74, 6) is 1.27. The summed E-state index contributed by atoms with van der Waals surface area (Å²) in [4.78, 5) is 0. The lowest BCUT2D eigenvalue weighted by Gasteiger charge is -2.28. The maximum absolute atomic E-state index is 13.7. The summed E-state index contributed by atoms with van der Waals surface area (Å²) < 4.78 is 13.7. The van der Waals surface area contributed by atoms with Crippen LogP contribution in [0, 0.1) is 0 Å². The molecular formula is C18H23N2OPS3. The van der Waals surface area contributed by atoms with Crippen molar-refractivity contribution in [1.29, 1.82) is 0 Å². The molecule has 3 nitrogen and oxygen atoms in total. The monoisotopic (exact) mass is 410 g/mol. The van der Waals surface area contributed by atoms with Crippen LogP contribution in [0.15, 0.2) is 60.7 Å². The van der Waals surface area contributed by atoms with E-state index in [0.29, 0.717) is 5.11 Å². The van der Waals surface area contributed by atoms with E-state index in [-0.39, 0.29) is 5.78 Å². The smallest absolute Gasteiger partial charge is 0.216 e. The van der Waals surface area contributed by atoms with E-state index in [1.807, 2.05) is 74.5 Å². The molecule has 2 rings (SSSR count). The van der Waals surface area contributed by atoms with Crippen LogP contribution in [0.5, 0.6) is 0 Å². The molecule has 1 atom stereocenters. The number of thiocarbonyl (C=S) groups is 1. The lowest BCUT2D eigenvalue weighted by Crippen LogP contribution is -2.31. The zero-order valence-electron chi connectivity index (χ0n) is 14.3. The first-order chi connectivity index (χ1) is 12.1. The van der Waals surface area contributed by atoms with E-state index in [9.17, 15) is 4.57 Å². The van der Waals surface area contributed by atoms with E-state index in [4.69, 9.17) is 12.2 Å². The van der Waals surface area contributed by atoms with Gasteiger partial charge in [-0.15, -0.1) is 0 Å². The lowest BCUT2D eigenvalue weighted by molar-refractivity contribution is 0.583. The third-order valence-electron chi connectivity index (χ3n) is 3.35. The predicted octanol–water partition coefficient (Wildman–Crippen LogP) is 6.37. The molecule has 0 aromatic heterocycles. The highest BCUT2D eigenvalue weighted by Crippen LogP contribution is 2.76. The summed E-state index contributed by atoms with van der Waals surface area (Å²) in [6.45, 7) is 4.08. The number of anilines is 1. The van der Waals surface area contributed by atoms with E-state index in [1.165, 1.54) is 22.8 Å². The summed E-state index contributed by atoms with van der Waals surface area (Å²) >= 11 is 8.53. The number of nitrogens with one attached hydrogen (secondary N) is 2. The van der Waals surface area contributed by atoms with Crippen molar-refractivity contribution in [2.24, 2.45) is 0 Å². The zero-order chi connectivity index (χ0) is 18.1. The molecule has 0 bridgehead atoms. The molecule has 0 saturated heterocycles. The van der Waals surface area contributed by atoms with Gasteiger partial charge in [-0.1, -0.05) is 85.1 Å². The van der Waals surface area contributed by atoms with Crippen LogP contribution < -0.4 is 10.6 Å². The van der Waals surface area contributed by atoms with Crippen molar-refractivity contribution in [2.75, 3.05) is 16.8 Å². The second-order valence-corrected chi connectivity index (χ2v) is 14.3. The maximum atomic E-state index is 13.7. The molecule has 0 aliphatic carbocycles. The molecule has 2 N–H and O–H groups in total. The summed E-state index contributed by atoms with van der Waals surface area (Å²) in [6, 6.07) is 19.7. The Labute approximate surface area is 163 Å². The number of para-hydroxylation sites is 1. The van der Waals surface area contributed by atoms with Gasteiger partial charge in [-0.3, -0.25) is 4.57 Å². The van der Waals surface area contributed by atoms with Crippen molar-refractivity contribution in [3.05, 3.63) is 66.2 Å². The van der Waals surface area contributed by atoms with Crippen LogP contribution in [-0.4, -0.2) is 16.6 Å². The first-order valence-electron chi connectivity index (χ1n) is 8.15. The fraction of sp³-hybridized carbons (Fsp3) is 0.278. The van der Waals surface area contributed by atoms with Crippen LogP contribution in [0.1, 0.15) is 25.2 Å². The lowest BCUT2D eigenvalue weighted by atomic mass is 10.2. The van der Waals surface area contributed by atoms with E-state index >= 15 is 0 Å². The van der Waals surface area contributed by atoms with Gasteiger partial charge in [-0.25, -0.2) is 0 Å². The quantitative estimate of drug-likeness (QED) is 0.389. The first kappa shape index (κ1) is 20.4. The second-order valence-electron chi connectivity index (χ2n) is 5.15. The van der Waals surface area contributed by atoms with Gasteiger partial charge in [0.05, 0.1) is 0 Å². The molecule has 0 spiro atoms. The Morgan fingerprint density at radius 3 is 2.04 bits per heavy atom. The van der Waals surface area contributed by atoms with E-state index in [0.717, 1.165) is 22.8 Å². The average molecular weight is 411 g/mol. The van der Waals surface area contributed by atoms with Gasteiger partial charge < -0.3 is 10.6 Å². The normalized spacial score (nSPS) is 12.4. The molecule has 2 aromatic carbocycles. The molecule has 0 aliphatic heterocycles. The molecule has 1 unspecified atom stereocenters. The van der Waals surface area contributed by atoms with Gasteiger partial charge in [0.25, 0.3) is 0 Å². The number of hydrogen-bond donors (Lipinski definition) is 2. The van der Waals surface area contributed by atoms with Crippen molar-refractivity contribution >= 4 is 51.3 Å². The zero-order valence-corrected chi connectivity index (χ0v) is 17.7. The summed E-state index contributed by atoms with van der Waals surface area (Å²) in [7, 11) is 0. The standard InChI is InChI=1S/C18H23N2OPS3/c1-3-24-22(21,25-4-2)17(15-11-7-5-8-12-15)20-18(23)19-16-13-9-6-10-14-16/h5-14,17H,3-4H2,1-2H3,(H2,19,20,23). The fourth-order valence-electron chi connectivity index (χ4n) is 2.34. The summed E-state index contributed by atoms with van der Waals surface area (Å²) in [5.41, 5.74) is -0.714. The first-order valence-corrected chi connectivity index (χ1v) is 13.5. The Bertz CT molecular complexity index is 703. The minimum Gasteiger partial charge on any atom is -0.347 e. The van der Waals surface area contributed by atoms with Gasteiger partial charge in [-0.2, -0.15) is 0 Å². The summed E-state index contributed by atoms with van der Waals surface area (Å²) in [5, 5.41) is 6.97. The van der Waals surface area contributed by atoms with Crippen molar-refractivity contribution < 1.29 is 4.57 Å². The molecule has 0 heterocycles. The van der Waals surface area contributed by atoms with Crippen molar-refractivity contribution in [3.8, 4) is 0 Å². The van der Waals surface area contributed by atoms with Gasteiger partial charge in [0.2, 0.25) is 5.55 Å². The van der Waals surface area contributed by atoms with Crippen LogP contribution >= 0.6 is 40.5 Å². The van der Waals surface area contributed by atoms with Gasteiger partial charge in [0.15, 0.2) is 5.11 Å². The minimum absolute atomic E-state index is 0.327. The Morgan fingerprint density at radius 2 is 1.52 bits per heavy atom. The predicted molar refractivity (Wildman–Crippen MR) is 119 cm³/mol. The SMILES string of the molecule is CCSP(=O)(SCC)C(NC(=S)Nc1ccccc1)c1ccccc1. The molecule has 25 heavy (non-hydrogen) atoms. The summed E-state index contributed by atoms with van der Waals surface area (Å²) in [6.07, 6.45) is 0. The fourth-order valence-corrected chi connectivity index (χ4v) is 11.5. The highest BCUT2D eigenvalue weighted by Gasteiger charge is 2.35. The molecule has 134 valence electrons. The van der Waals surface area contributed by atoms with Crippen LogP contribution in [0.25, 0.3) is 0 Å². The Balaban J connectivity index is 2.25. The molecule has 0 fully saturated rings. The van der Waals surface area contributed by atoms with Crippen LogP contribution in [-0.2, 0) is 4.57 Å². The molecule has 0 saturated carbocycles. The second kappa shape index (κ2) is 10.3. The van der Waals surface area contributed by atoms with Crippen LogP contribution in [0.4, 0.5) is 5.69 Å². The van der Waals surface area contributed by atoms with Crippen LogP contribution in [0.2, 0.25) is 0 Å². The highest BCUT2D eigenvalue weighted by molar-refractivity contribution is 8.90. The number of hydrogen-bond acceptors (Lipinski definition) is 4. The van der Waals surface area contributed by atoms with Gasteiger partial charge in [-0.05, 0) is 41.4 Å². The highest BCUT2D eigenvalue weighted by atomic mass is 33.1. The van der Waals surface area contributed by atoms with Gasteiger partial charge >= 0.3 is 0 Å². The van der Waals surface area contributed by atoms with E-state index in [2.05, 4.69) is 10.6 Å². The van der Waals surface area contributed by atoms with Crippen molar-refractivity contribution in [3.63, 3.8) is 0 Å². The Morgan fingerprint density at radius 1 is 1.00 bits per heavy atom.